The summed E-state index contributed by atoms with van der Waals surface area (Å²) in [4.78, 5) is 24.1. The molecular formula is C17H14BrF2NO3. The summed E-state index contributed by atoms with van der Waals surface area (Å²) in [5.41, 5.74) is 0.720. The highest BCUT2D eigenvalue weighted by atomic mass is 79.9. The molecule has 0 spiro atoms. The zero-order valence-electron chi connectivity index (χ0n) is 12.7. The minimum absolute atomic E-state index is 0.0846. The van der Waals surface area contributed by atoms with Crippen molar-refractivity contribution in [3.63, 3.8) is 0 Å². The first-order valence-electron chi connectivity index (χ1n) is 6.99. The molecule has 2 aromatic carbocycles. The minimum atomic E-state index is -1.13. The van der Waals surface area contributed by atoms with Crippen LogP contribution < -0.4 is 5.32 Å². The number of methoxy groups -OCH3 is 1. The number of halogens is 3. The molecule has 1 N–H and O–H groups in total. The van der Waals surface area contributed by atoms with E-state index in [2.05, 4.69) is 21.2 Å². The number of hydrogen-bond donors (Lipinski definition) is 1. The first-order chi connectivity index (χ1) is 11.4. The molecule has 24 heavy (non-hydrogen) atoms. The van der Waals surface area contributed by atoms with Crippen molar-refractivity contribution in [1.29, 1.82) is 0 Å². The van der Waals surface area contributed by atoms with Crippen LogP contribution in [0.25, 0.3) is 0 Å². The molecule has 0 radical (unpaired) electrons. The average Bonchev–Trinajstić information content (AvgIpc) is 2.57. The van der Waals surface area contributed by atoms with Crippen molar-refractivity contribution in [3.05, 3.63) is 69.7 Å². The molecular weight excluding hydrogens is 384 g/mol. The molecule has 0 aliphatic carbocycles. The van der Waals surface area contributed by atoms with Gasteiger partial charge >= 0.3 is 5.97 Å². The second-order valence-electron chi connectivity index (χ2n) is 5.01. The normalized spacial score (nSPS) is 11.7. The van der Waals surface area contributed by atoms with E-state index in [-0.39, 0.29) is 12.0 Å². The predicted octanol–water partition coefficient (Wildman–Crippen LogP) is 3.24. The summed E-state index contributed by atoms with van der Waals surface area (Å²) >= 11 is 3.31. The van der Waals surface area contributed by atoms with Gasteiger partial charge < -0.3 is 10.1 Å². The van der Waals surface area contributed by atoms with Gasteiger partial charge in [-0.25, -0.2) is 13.6 Å². The predicted molar refractivity (Wildman–Crippen MR) is 87.5 cm³/mol. The summed E-state index contributed by atoms with van der Waals surface area (Å²) in [6.07, 6.45) is 0.204. The van der Waals surface area contributed by atoms with Gasteiger partial charge in [0.2, 0.25) is 0 Å². The van der Waals surface area contributed by atoms with Crippen LogP contribution in [0.4, 0.5) is 8.78 Å². The van der Waals surface area contributed by atoms with Gasteiger partial charge in [0, 0.05) is 16.5 Å². The maximum Gasteiger partial charge on any atom is 0.328 e. The fourth-order valence-corrected chi connectivity index (χ4v) is 2.34. The molecule has 1 amide bonds. The van der Waals surface area contributed by atoms with E-state index in [1.165, 1.54) is 7.11 Å². The van der Waals surface area contributed by atoms with E-state index in [9.17, 15) is 18.4 Å². The van der Waals surface area contributed by atoms with Crippen LogP contribution in [0.2, 0.25) is 0 Å². The number of carbonyl (C=O) groups is 2. The van der Waals surface area contributed by atoms with Crippen molar-refractivity contribution < 1.29 is 23.1 Å². The number of ether oxygens (including phenoxy) is 1. The van der Waals surface area contributed by atoms with Crippen LogP contribution in [-0.2, 0) is 16.0 Å². The van der Waals surface area contributed by atoms with Crippen LogP contribution in [0.3, 0.4) is 0 Å². The van der Waals surface area contributed by atoms with Gasteiger partial charge in [0.15, 0.2) is 11.6 Å². The molecule has 0 aliphatic heterocycles. The minimum Gasteiger partial charge on any atom is -0.467 e. The summed E-state index contributed by atoms with van der Waals surface area (Å²) in [5.74, 6) is -3.51. The molecule has 1 atom stereocenters. The van der Waals surface area contributed by atoms with Crippen molar-refractivity contribution in [2.24, 2.45) is 0 Å². The Morgan fingerprint density at radius 1 is 1.12 bits per heavy atom. The number of carbonyl (C=O) groups excluding carboxylic acids is 2. The molecule has 0 unspecified atom stereocenters. The smallest absolute Gasteiger partial charge is 0.328 e. The van der Waals surface area contributed by atoms with Crippen molar-refractivity contribution in [1.82, 2.24) is 5.32 Å². The lowest BCUT2D eigenvalue weighted by molar-refractivity contribution is -0.142. The molecule has 126 valence electrons. The van der Waals surface area contributed by atoms with Gasteiger partial charge in [0.05, 0.1) is 7.11 Å². The fraction of sp³-hybridized carbons (Fsp3) is 0.176. The van der Waals surface area contributed by atoms with Gasteiger partial charge in [-0.3, -0.25) is 4.79 Å². The van der Waals surface area contributed by atoms with E-state index in [1.807, 2.05) is 0 Å². The Morgan fingerprint density at radius 3 is 2.38 bits per heavy atom. The Labute approximate surface area is 145 Å². The van der Waals surface area contributed by atoms with Gasteiger partial charge in [-0.1, -0.05) is 28.1 Å². The highest BCUT2D eigenvalue weighted by Crippen LogP contribution is 2.13. The third-order valence-corrected chi connectivity index (χ3v) is 3.85. The zero-order chi connectivity index (χ0) is 17.7. The summed E-state index contributed by atoms with van der Waals surface area (Å²) in [5, 5.41) is 2.48. The Morgan fingerprint density at radius 2 is 1.79 bits per heavy atom. The molecule has 2 rings (SSSR count). The molecule has 0 heterocycles. The maximum atomic E-state index is 13.2. The number of nitrogens with one attached hydrogen (secondary N) is 1. The monoisotopic (exact) mass is 397 g/mol. The molecule has 0 bridgehead atoms. The third kappa shape index (κ3) is 4.61. The topological polar surface area (TPSA) is 55.4 Å². The van der Waals surface area contributed by atoms with Gasteiger partial charge in [-0.2, -0.15) is 0 Å². The lowest BCUT2D eigenvalue weighted by Gasteiger charge is -2.17. The van der Waals surface area contributed by atoms with Gasteiger partial charge in [0.1, 0.15) is 6.04 Å². The molecule has 4 nitrogen and oxygen atoms in total. The average molecular weight is 398 g/mol. The Hall–Kier alpha value is -2.28. The van der Waals surface area contributed by atoms with Gasteiger partial charge in [-0.05, 0) is 35.9 Å². The van der Waals surface area contributed by atoms with Crippen LogP contribution in [0.5, 0.6) is 0 Å². The maximum absolute atomic E-state index is 13.2. The SMILES string of the molecule is COC(=O)[C@H](Cc1ccc(Br)cc1)NC(=O)c1ccc(F)c(F)c1. The molecule has 0 fully saturated rings. The lowest BCUT2D eigenvalue weighted by Crippen LogP contribution is -2.43. The van der Waals surface area contributed by atoms with Crippen LogP contribution >= 0.6 is 15.9 Å². The first kappa shape index (κ1) is 18.1. The van der Waals surface area contributed by atoms with Crippen LogP contribution in [0.15, 0.2) is 46.9 Å². The molecule has 0 aliphatic rings. The first-order valence-corrected chi connectivity index (χ1v) is 7.78. The summed E-state index contributed by atoms with van der Waals surface area (Å²) in [6, 6.07) is 9.03. The van der Waals surface area contributed by atoms with E-state index in [0.29, 0.717) is 0 Å². The molecule has 0 aromatic heterocycles. The number of hydrogen-bond acceptors (Lipinski definition) is 3. The number of esters is 1. The van der Waals surface area contributed by atoms with Gasteiger partial charge in [0.25, 0.3) is 5.91 Å². The summed E-state index contributed by atoms with van der Waals surface area (Å²) in [6.45, 7) is 0. The second kappa shape index (κ2) is 8.01. The van der Waals surface area contributed by atoms with Gasteiger partial charge in [-0.15, -0.1) is 0 Å². The van der Waals surface area contributed by atoms with E-state index < -0.39 is 29.6 Å². The number of rotatable bonds is 5. The van der Waals surface area contributed by atoms with Crippen LogP contribution in [0.1, 0.15) is 15.9 Å². The van der Waals surface area contributed by atoms with Crippen molar-refractivity contribution in [3.8, 4) is 0 Å². The zero-order valence-corrected chi connectivity index (χ0v) is 14.3. The largest absolute Gasteiger partial charge is 0.467 e. The van der Waals surface area contributed by atoms with Crippen LogP contribution in [-0.4, -0.2) is 25.0 Å². The Bertz CT molecular complexity index is 750. The standard InChI is InChI=1S/C17H14BrF2NO3/c1-24-17(23)15(8-10-2-5-12(18)6-3-10)21-16(22)11-4-7-13(19)14(20)9-11/h2-7,9,15H,8H2,1H3,(H,21,22)/t15-/m0/s1. The van der Waals surface area contributed by atoms with Crippen molar-refractivity contribution in [2.75, 3.05) is 7.11 Å². The highest BCUT2D eigenvalue weighted by molar-refractivity contribution is 9.10. The molecule has 0 saturated heterocycles. The highest BCUT2D eigenvalue weighted by Gasteiger charge is 2.23. The third-order valence-electron chi connectivity index (χ3n) is 3.33. The Balaban J connectivity index is 2.15. The van der Waals surface area contributed by atoms with E-state index in [4.69, 9.17) is 4.74 Å². The number of amides is 1. The quantitative estimate of drug-likeness (QED) is 0.787. The summed E-state index contributed by atoms with van der Waals surface area (Å²) < 4.78 is 31.8. The molecule has 7 heteroatoms. The van der Waals surface area contributed by atoms with E-state index >= 15 is 0 Å². The molecule has 2 aromatic rings. The van der Waals surface area contributed by atoms with Crippen LogP contribution in [0, 0.1) is 11.6 Å². The molecule has 0 saturated carbocycles. The fourth-order valence-electron chi connectivity index (χ4n) is 2.07. The Kier molecular flexibility index (Phi) is 6.03. The lowest BCUT2D eigenvalue weighted by atomic mass is 10.1. The summed E-state index contributed by atoms with van der Waals surface area (Å²) in [7, 11) is 1.21. The van der Waals surface area contributed by atoms with Crippen molar-refractivity contribution in [2.45, 2.75) is 12.5 Å². The number of benzene rings is 2. The second-order valence-corrected chi connectivity index (χ2v) is 5.92. The van der Waals surface area contributed by atoms with E-state index in [1.54, 1.807) is 24.3 Å². The van der Waals surface area contributed by atoms with E-state index in [0.717, 1.165) is 28.2 Å². The van der Waals surface area contributed by atoms with Crippen molar-refractivity contribution >= 4 is 27.8 Å².